The molecule has 3 rings (SSSR count). The Morgan fingerprint density at radius 2 is 1.96 bits per heavy atom. The number of ether oxygens (including phenoxy) is 1. The van der Waals surface area contributed by atoms with Gasteiger partial charge in [-0.1, -0.05) is 12.1 Å². The van der Waals surface area contributed by atoms with Gasteiger partial charge in [-0.2, -0.15) is 0 Å². The fraction of sp³-hybridized carbons (Fsp3) is 0.667. The van der Waals surface area contributed by atoms with E-state index in [2.05, 4.69) is 34.5 Å². The highest BCUT2D eigenvalue weighted by atomic mass is 16.5. The molecule has 0 aliphatic carbocycles. The van der Waals surface area contributed by atoms with Crippen LogP contribution in [0.4, 0.5) is 0 Å². The first-order valence-electron chi connectivity index (χ1n) is 9.97. The van der Waals surface area contributed by atoms with Crippen molar-refractivity contribution < 1.29 is 9.53 Å². The van der Waals surface area contributed by atoms with Crippen LogP contribution in [0.2, 0.25) is 0 Å². The molecule has 0 spiro atoms. The summed E-state index contributed by atoms with van der Waals surface area (Å²) in [6, 6.07) is 8.91. The second-order valence-corrected chi connectivity index (χ2v) is 7.44. The molecule has 2 heterocycles. The van der Waals surface area contributed by atoms with Crippen LogP contribution in [0.1, 0.15) is 51.0 Å². The molecule has 1 amide bonds. The minimum absolute atomic E-state index is 0.351. The number of piperidine rings is 1. The maximum absolute atomic E-state index is 12.4. The summed E-state index contributed by atoms with van der Waals surface area (Å²) in [5, 5.41) is 3.43. The van der Waals surface area contributed by atoms with E-state index in [1.54, 1.807) is 0 Å². The van der Waals surface area contributed by atoms with E-state index in [1.165, 1.54) is 18.4 Å². The molecule has 0 saturated carbocycles. The van der Waals surface area contributed by atoms with E-state index in [0.29, 0.717) is 25.0 Å². The quantitative estimate of drug-likeness (QED) is 0.824. The van der Waals surface area contributed by atoms with Gasteiger partial charge in [-0.05, 0) is 75.6 Å². The molecule has 2 aliphatic heterocycles. The number of carbonyl (C=O) groups excluding carboxylic acids is 1. The molecule has 1 aromatic carbocycles. The first-order valence-corrected chi connectivity index (χ1v) is 9.97. The highest BCUT2D eigenvalue weighted by molar-refractivity contribution is 5.77. The van der Waals surface area contributed by atoms with Crippen molar-refractivity contribution in [2.45, 2.75) is 57.9 Å². The number of nitrogens with zero attached hydrogens (tertiary/aromatic N) is 1. The van der Waals surface area contributed by atoms with Crippen LogP contribution in [-0.4, -0.2) is 43.1 Å². The molecule has 2 saturated heterocycles. The zero-order chi connectivity index (χ0) is 17.5. The lowest BCUT2D eigenvalue weighted by Crippen LogP contribution is -2.41. The Balaban J connectivity index is 1.36. The van der Waals surface area contributed by atoms with Gasteiger partial charge in [0.15, 0.2) is 0 Å². The van der Waals surface area contributed by atoms with Crippen LogP contribution in [0.25, 0.3) is 0 Å². The number of rotatable bonds is 7. The molecule has 0 aromatic heterocycles. The second kappa shape index (κ2) is 9.23. The second-order valence-electron chi connectivity index (χ2n) is 7.44. The summed E-state index contributed by atoms with van der Waals surface area (Å²) in [6.45, 7) is 5.69. The van der Waals surface area contributed by atoms with Gasteiger partial charge in [0.25, 0.3) is 0 Å². The Morgan fingerprint density at radius 1 is 1.20 bits per heavy atom. The number of aryl methyl sites for hydroxylation is 1. The Hall–Kier alpha value is -1.55. The van der Waals surface area contributed by atoms with Crippen molar-refractivity contribution in [3.05, 3.63) is 29.8 Å². The molecule has 1 atom stereocenters. The van der Waals surface area contributed by atoms with E-state index in [4.69, 9.17) is 4.74 Å². The molecule has 1 aromatic rings. The fourth-order valence-electron chi connectivity index (χ4n) is 4.03. The summed E-state index contributed by atoms with van der Waals surface area (Å²) >= 11 is 0. The Kier molecular flexibility index (Phi) is 6.74. The number of hydrogen-bond donors (Lipinski definition) is 1. The number of nitrogens with one attached hydrogen (secondary N) is 1. The van der Waals surface area contributed by atoms with Crippen LogP contribution in [0.5, 0.6) is 5.75 Å². The van der Waals surface area contributed by atoms with Crippen LogP contribution < -0.4 is 10.1 Å². The molecule has 0 bridgehead atoms. The lowest BCUT2D eigenvalue weighted by atomic mass is 9.90. The zero-order valence-electron chi connectivity index (χ0n) is 15.5. The zero-order valence-corrected chi connectivity index (χ0v) is 15.5. The molecular formula is C21H32N2O2. The van der Waals surface area contributed by atoms with E-state index in [-0.39, 0.29) is 0 Å². The molecule has 1 N–H and O–H groups in total. The summed E-state index contributed by atoms with van der Waals surface area (Å²) in [4.78, 5) is 14.5. The first-order chi connectivity index (χ1) is 12.2. The van der Waals surface area contributed by atoms with Crippen LogP contribution in [-0.2, 0) is 11.2 Å². The minimum atomic E-state index is 0.351. The highest BCUT2D eigenvalue weighted by Crippen LogP contribution is 2.24. The van der Waals surface area contributed by atoms with E-state index < -0.39 is 0 Å². The molecular weight excluding hydrogens is 312 g/mol. The van der Waals surface area contributed by atoms with Gasteiger partial charge in [0.1, 0.15) is 5.75 Å². The van der Waals surface area contributed by atoms with Crippen molar-refractivity contribution >= 4 is 5.91 Å². The minimum Gasteiger partial charge on any atom is -0.494 e. The Labute approximate surface area is 151 Å². The number of likely N-dealkylation sites (tertiary alicyclic amines) is 1. The van der Waals surface area contributed by atoms with Crippen molar-refractivity contribution in [2.75, 3.05) is 26.2 Å². The van der Waals surface area contributed by atoms with Crippen molar-refractivity contribution in [3.63, 3.8) is 0 Å². The molecule has 25 heavy (non-hydrogen) atoms. The van der Waals surface area contributed by atoms with Crippen molar-refractivity contribution in [1.29, 1.82) is 0 Å². The Morgan fingerprint density at radius 3 is 2.60 bits per heavy atom. The van der Waals surface area contributed by atoms with Crippen molar-refractivity contribution in [1.82, 2.24) is 10.2 Å². The van der Waals surface area contributed by atoms with Gasteiger partial charge in [-0.3, -0.25) is 4.79 Å². The number of amides is 1. The maximum atomic E-state index is 12.4. The summed E-state index contributed by atoms with van der Waals surface area (Å²) in [6.07, 6.45) is 7.71. The van der Waals surface area contributed by atoms with Gasteiger partial charge in [0, 0.05) is 25.6 Å². The van der Waals surface area contributed by atoms with Gasteiger partial charge in [-0.25, -0.2) is 0 Å². The van der Waals surface area contributed by atoms with Gasteiger partial charge in [-0.15, -0.1) is 0 Å². The Bertz CT molecular complexity index is 529. The average molecular weight is 344 g/mol. The van der Waals surface area contributed by atoms with Gasteiger partial charge >= 0.3 is 0 Å². The normalized spacial score (nSPS) is 21.5. The standard InChI is InChI=1S/C21H32N2O2/c1-2-25-20-9-7-17(8-10-20)5-6-18-11-14-23(15-12-18)21(24)16-19-4-3-13-22-19/h7-10,18-19,22H,2-6,11-16H2,1H3. The van der Waals surface area contributed by atoms with Crippen molar-refractivity contribution in [2.24, 2.45) is 5.92 Å². The fourth-order valence-corrected chi connectivity index (χ4v) is 4.03. The van der Waals surface area contributed by atoms with E-state index in [0.717, 1.165) is 57.0 Å². The maximum Gasteiger partial charge on any atom is 0.224 e. The van der Waals surface area contributed by atoms with E-state index in [9.17, 15) is 4.79 Å². The van der Waals surface area contributed by atoms with Crippen LogP contribution in [0.3, 0.4) is 0 Å². The van der Waals surface area contributed by atoms with E-state index in [1.807, 2.05) is 6.92 Å². The number of carbonyl (C=O) groups is 1. The number of hydrogen-bond acceptors (Lipinski definition) is 3. The van der Waals surface area contributed by atoms with Gasteiger partial charge < -0.3 is 15.0 Å². The third-order valence-corrected chi connectivity index (χ3v) is 5.63. The third kappa shape index (κ3) is 5.46. The van der Waals surface area contributed by atoms with Gasteiger partial charge in [0.2, 0.25) is 5.91 Å². The van der Waals surface area contributed by atoms with Crippen LogP contribution >= 0.6 is 0 Å². The largest absolute Gasteiger partial charge is 0.494 e. The van der Waals surface area contributed by atoms with Crippen LogP contribution in [0.15, 0.2) is 24.3 Å². The number of benzene rings is 1. The predicted octanol–water partition coefficient (Wildman–Crippen LogP) is 3.40. The van der Waals surface area contributed by atoms with E-state index >= 15 is 0 Å². The molecule has 2 aliphatic rings. The summed E-state index contributed by atoms with van der Waals surface area (Å²) in [7, 11) is 0. The predicted molar refractivity (Wildman–Crippen MR) is 101 cm³/mol. The lowest BCUT2D eigenvalue weighted by molar-refractivity contribution is -0.133. The third-order valence-electron chi connectivity index (χ3n) is 5.63. The molecule has 138 valence electrons. The van der Waals surface area contributed by atoms with Crippen LogP contribution in [0, 0.1) is 5.92 Å². The highest BCUT2D eigenvalue weighted by Gasteiger charge is 2.25. The first kappa shape index (κ1) is 18.2. The summed E-state index contributed by atoms with van der Waals surface area (Å²) < 4.78 is 5.50. The average Bonchev–Trinajstić information content (AvgIpc) is 3.15. The molecule has 2 fully saturated rings. The monoisotopic (exact) mass is 344 g/mol. The molecule has 4 heteroatoms. The SMILES string of the molecule is CCOc1ccc(CCC2CCN(C(=O)CC3CCCN3)CC2)cc1. The topological polar surface area (TPSA) is 41.6 Å². The lowest BCUT2D eigenvalue weighted by Gasteiger charge is -2.32. The summed E-state index contributed by atoms with van der Waals surface area (Å²) in [5.41, 5.74) is 1.38. The molecule has 4 nitrogen and oxygen atoms in total. The summed E-state index contributed by atoms with van der Waals surface area (Å²) in [5.74, 6) is 2.06. The van der Waals surface area contributed by atoms with Gasteiger partial charge in [0.05, 0.1) is 6.61 Å². The molecule has 0 radical (unpaired) electrons. The van der Waals surface area contributed by atoms with Crippen molar-refractivity contribution in [3.8, 4) is 5.75 Å². The smallest absolute Gasteiger partial charge is 0.224 e. The molecule has 1 unspecified atom stereocenters.